The fourth-order valence-corrected chi connectivity index (χ4v) is 19.4. The summed E-state index contributed by atoms with van der Waals surface area (Å²) in [6, 6.07) is 10.2. The van der Waals surface area contributed by atoms with Gasteiger partial charge in [-0.25, -0.2) is 0 Å². The molecule has 0 fully saturated rings. The van der Waals surface area contributed by atoms with Gasteiger partial charge in [0.15, 0.2) is 0 Å². The number of nitrogens with zero attached hydrogens (tertiary/aromatic N) is 4. The minimum absolute atomic E-state index is 0.407. The van der Waals surface area contributed by atoms with E-state index in [-0.39, 0.29) is 0 Å². The summed E-state index contributed by atoms with van der Waals surface area (Å²) in [5.74, 6) is 0. The minimum atomic E-state index is -2.89. The molecule has 0 aromatic heterocycles. The molecule has 0 heterocycles. The van der Waals surface area contributed by atoms with Crippen LogP contribution in [-0.2, 0) is 0 Å². The van der Waals surface area contributed by atoms with Crippen LogP contribution in [0.1, 0.15) is 45.1 Å². The molecule has 0 radical (unpaired) electrons. The molecule has 0 saturated carbocycles. The van der Waals surface area contributed by atoms with E-state index in [1.165, 1.54) is 0 Å². The number of benzene rings is 1. The van der Waals surface area contributed by atoms with E-state index >= 15 is 0 Å². The number of rotatable bonds is 10. The van der Waals surface area contributed by atoms with Gasteiger partial charge in [0, 0.05) is 0 Å². The predicted octanol–water partition coefficient (Wildman–Crippen LogP) is 6.02. The Labute approximate surface area is 168 Å². The van der Waals surface area contributed by atoms with E-state index in [4.69, 9.17) is 8.92 Å². The molecular formula is C19H29ClN4SSn. The van der Waals surface area contributed by atoms with Gasteiger partial charge >= 0.3 is 169 Å². The molecule has 0 saturated heterocycles. The van der Waals surface area contributed by atoms with Crippen molar-refractivity contribution < 1.29 is 0 Å². The third-order valence-electron chi connectivity index (χ3n) is 3.95. The van der Waals surface area contributed by atoms with Gasteiger partial charge in [0.1, 0.15) is 0 Å². The van der Waals surface area contributed by atoms with Gasteiger partial charge in [-0.05, 0) is 0 Å². The molecule has 0 amide bonds. The van der Waals surface area contributed by atoms with Crippen LogP contribution in [0.3, 0.4) is 0 Å². The second-order valence-electron chi connectivity index (χ2n) is 6.44. The van der Waals surface area contributed by atoms with Crippen LogP contribution in [0.5, 0.6) is 0 Å². The predicted molar refractivity (Wildman–Crippen MR) is 120 cm³/mol. The summed E-state index contributed by atoms with van der Waals surface area (Å²) in [4.78, 5) is 2.04. The van der Waals surface area contributed by atoms with Gasteiger partial charge < -0.3 is 0 Å². The molecule has 26 heavy (non-hydrogen) atoms. The van der Waals surface area contributed by atoms with E-state index in [2.05, 4.69) is 30.1 Å². The zero-order chi connectivity index (χ0) is 19.4. The number of nitriles is 1. The van der Waals surface area contributed by atoms with Crippen molar-refractivity contribution in [2.75, 3.05) is 19.0 Å². The Kier molecular flexibility index (Phi) is 11.3. The molecule has 4 nitrogen and oxygen atoms in total. The van der Waals surface area contributed by atoms with Gasteiger partial charge in [-0.2, -0.15) is 0 Å². The molecule has 0 N–H and O–H groups in total. The Hall–Kier alpha value is -0.711. The van der Waals surface area contributed by atoms with Crippen LogP contribution in [0.2, 0.25) is 8.87 Å². The summed E-state index contributed by atoms with van der Waals surface area (Å²) in [6.07, 6.45) is 6.23. The Bertz CT molecular complexity index is 630. The molecule has 1 aromatic rings. The third kappa shape index (κ3) is 8.79. The van der Waals surface area contributed by atoms with E-state index in [1.54, 1.807) is 15.2 Å². The van der Waals surface area contributed by atoms with Crippen LogP contribution in [-0.4, -0.2) is 41.2 Å². The topological polar surface area (TPSA) is 51.8 Å². The number of halogens is 1. The number of hydrogen-bond donors (Lipinski definition) is 0. The molecular weight excluding hydrogens is 470 g/mol. The second-order valence-corrected chi connectivity index (χ2v) is 28.3. The van der Waals surface area contributed by atoms with Crippen LogP contribution in [0.15, 0.2) is 34.5 Å². The van der Waals surface area contributed by atoms with Gasteiger partial charge in [0.25, 0.3) is 0 Å². The Balaban J connectivity index is 2.79. The third-order valence-corrected chi connectivity index (χ3v) is 22.6. The molecule has 1 rings (SSSR count). The number of anilines is 1. The first kappa shape index (κ1) is 23.3. The first-order valence-electron chi connectivity index (χ1n) is 9.10. The summed E-state index contributed by atoms with van der Waals surface area (Å²) in [5, 5.41) is 18.1. The Morgan fingerprint density at radius 1 is 1.19 bits per heavy atom. The first-order valence-corrected chi connectivity index (χ1v) is 21.1. The quantitative estimate of drug-likeness (QED) is 0.171. The standard InChI is InChI=1S/C11H12N4S.2C4H9.ClH.Sn/c1-15(2)10-5-3-9(4-6-10)8-13-14-11(16)7-12;2*1-3-4-2;;/h3-6,8H,1-2H3,(H,14,16);2*1,3-4H2,2H3;1H;/q;;;;+2/p-2/b13-8+;;;;. The van der Waals surface area contributed by atoms with Gasteiger partial charge in [-0.15, -0.1) is 0 Å². The monoisotopic (exact) mass is 500 g/mol. The van der Waals surface area contributed by atoms with Crippen molar-refractivity contribution >= 4 is 50.7 Å². The van der Waals surface area contributed by atoms with E-state index in [1.807, 2.05) is 43.3 Å². The molecule has 0 spiro atoms. The van der Waals surface area contributed by atoms with E-state index < -0.39 is 15.9 Å². The molecule has 1 aromatic carbocycles. The SMILES string of the molecule is CCC[CH2][Sn]([Cl])([CH2]CCC)[S]/C(C#N)=N/N=C/c1ccc(N(C)C)cc1. The van der Waals surface area contributed by atoms with Gasteiger partial charge in [-0.1, -0.05) is 0 Å². The van der Waals surface area contributed by atoms with Gasteiger partial charge in [0.05, 0.1) is 0 Å². The van der Waals surface area contributed by atoms with Crippen LogP contribution >= 0.6 is 17.9 Å². The van der Waals surface area contributed by atoms with Crippen LogP contribution < -0.4 is 4.90 Å². The van der Waals surface area contributed by atoms with Gasteiger partial charge in [0.2, 0.25) is 0 Å². The first-order chi connectivity index (χ1) is 12.4. The maximum atomic E-state index is 9.43. The van der Waals surface area contributed by atoms with Crippen molar-refractivity contribution in [3.05, 3.63) is 29.8 Å². The summed E-state index contributed by atoms with van der Waals surface area (Å²) in [6.45, 7) is 4.36. The van der Waals surface area contributed by atoms with Crippen molar-refractivity contribution in [3.8, 4) is 6.07 Å². The van der Waals surface area contributed by atoms with Crippen LogP contribution in [0.25, 0.3) is 0 Å². The van der Waals surface area contributed by atoms with Crippen molar-refractivity contribution in [1.29, 1.82) is 5.26 Å². The fraction of sp³-hybridized carbons (Fsp3) is 0.526. The molecule has 0 aliphatic rings. The average molecular weight is 500 g/mol. The van der Waals surface area contributed by atoms with Crippen molar-refractivity contribution in [2.45, 2.75) is 48.4 Å². The molecule has 0 bridgehead atoms. The molecule has 142 valence electrons. The Morgan fingerprint density at radius 3 is 2.23 bits per heavy atom. The summed E-state index contributed by atoms with van der Waals surface area (Å²) in [7, 11) is 12.6. The van der Waals surface area contributed by atoms with Gasteiger partial charge in [-0.3, -0.25) is 0 Å². The zero-order valence-corrected chi connectivity index (χ0v) is 20.6. The van der Waals surface area contributed by atoms with E-state index in [0.29, 0.717) is 5.04 Å². The molecule has 7 heteroatoms. The molecule has 0 atom stereocenters. The summed E-state index contributed by atoms with van der Waals surface area (Å²) < 4.78 is 2.15. The number of unbranched alkanes of at least 4 members (excludes halogenated alkanes) is 2. The molecule has 0 aliphatic carbocycles. The van der Waals surface area contributed by atoms with E-state index in [0.717, 1.165) is 45.8 Å². The average Bonchev–Trinajstić information content (AvgIpc) is 2.64. The maximum absolute atomic E-state index is 9.43. The number of hydrogen-bond acceptors (Lipinski definition) is 5. The van der Waals surface area contributed by atoms with Crippen LogP contribution in [0.4, 0.5) is 5.69 Å². The summed E-state index contributed by atoms with van der Waals surface area (Å²) in [5.41, 5.74) is 2.09. The van der Waals surface area contributed by atoms with Crippen molar-refractivity contribution in [2.24, 2.45) is 10.2 Å². The molecule has 0 unspecified atom stereocenters. The fourth-order valence-electron chi connectivity index (χ4n) is 2.35. The van der Waals surface area contributed by atoms with E-state index in [9.17, 15) is 5.26 Å². The zero-order valence-electron chi connectivity index (χ0n) is 16.2. The Morgan fingerprint density at radius 2 is 1.77 bits per heavy atom. The van der Waals surface area contributed by atoms with Crippen LogP contribution in [0, 0.1) is 11.3 Å². The summed E-state index contributed by atoms with van der Waals surface area (Å²) >= 11 is -2.89. The normalized spacial score (nSPS) is 12.4. The van der Waals surface area contributed by atoms with Crippen molar-refractivity contribution in [3.63, 3.8) is 0 Å². The van der Waals surface area contributed by atoms with Crippen molar-refractivity contribution in [1.82, 2.24) is 0 Å². The molecule has 0 aliphatic heterocycles. The second kappa shape index (κ2) is 12.6.